The normalized spacial score (nSPS) is 13.0. The number of rotatable bonds is 48. The Hall–Kier alpha value is -4.19. The molecule has 0 aliphatic carbocycles. The smallest absolute Gasteiger partial charge is 0.306 e. The quantitative estimate of drug-likeness (QED) is 0.0262. The molecule has 0 aliphatic heterocycles. The number of hydrogen-bond donors (Lipinski definition) is 0. The zero-order valence-electron chi connectivity index (χ0n) is 43.8. The molecule has 0 aliphatic rings. The third-order valence-corrected chi connectivity index (χ3v) is 11.2. The number of carbonyl (C=O) groups is 3. The first kappa shape index (κ1) is 63.8. The van der Waals surface area contributed by atoms with Crippen LogP contribution in [0, 0.1) is 0 Å². The van der Waals surface area contributed by atoms with E-state index in [0.717, 1.165) is 83.5 Å². The van der Waals surface area contributed by atoms with Crippen molar-refractivity contribution in [3.05, 3.63) is 122 Å². The van der Waals surface area contributed by atoms with Gasteiger partial charge in [-0.1, -0.05) is 239 Å². The summed E-state index contributed by atoms with van der Waals surface area (Å²) in [5.41, 5.74) is 0. The lowest BCUT2D eigenvalue weighted by Crippen LogP contribution is -2.30. The number of allylic oxidation sites excluding steroid dienone is 20. The monoisotopic (exact) mass is 941 g/mol. The molecule has 384 valence electrons. The predicted molar refractivity (Wildman–Crippen MR) is 293 cm³/mol. The minimum absolute atomic E-state index is 0.124. The van der Waals surface area contributed by atoms with Crippen LogP contribution in [0.15, 0.2) is 122 Å². The fraction of sp³-hybridized carbons (Fsp3) is 0.629. The van der Waals surface area contributed by atoms with Gasteiger partial charge in [0.25, 0.3) is 0 Å². The van der Waals surface area contributed by atoms with Crippen LogP contribution in [0.1, 0.15) is 233 Å². The Bertz CT molecular complexity index is 1450. The summed E-state index contributed by atoms with van der Waals surface area (Å²) in [6.07, 6.45) is 76.3. The van der Waals surface area contributed by atoms with Crippen LogP contribution in [-0.4, -0.2) is 37.2 Å². The second-order valence-electron chi connectivity index (χ2n) is 17.8. The molecular formula is C62H100O6. The highest BCUT2D eigenvalue weighted by Gasteiger charge is 2.19. The van der Waals surface area contributed by atoms with Crippen molar-refractivity contribution in [1.82, 2.24) is 0 Å². The van der Waals surface area contributed by atoms with Crippen LogP contribution in [0.2, 0.25) is 0 Å². The molecule has 0 aromatic carbocycles. The summed E-state index contributed by atoms with van der Waals surface area (Å²) >= 11 is 0. The van der Waals surface area contributed by atoms with Gasteiger partial charge in [0.1, 0.15) is 13.2 Å². The third kappa shape index (κ3) is 52.8. The largest absolute Gasteiger partial charge is 0.462 e. The molecular weight excluding hydrogens is 841 g/mol. The molecule has 0 aromatic rings. The Kier molecular flexibility index (Phi) is 52.0. The average molecular weight is 941 g/mol. The molecule has 1 unspecified atom stereocenters. The van der Waals surface area contributed by atoms with Crippen molar-refractivity contribution in [2.45, 2.75) is 239 Å². The maximum atomic E-state index is 12.8. The van der Waals surface area contributed by atoms with Gasteiger partial charge >= 0.3 is 17.9 Å². The van der Waals surface area contributed by atoms with Gasteiger partial charge in [-0.3, -0.25) is 14.4 Å². The van der Waals surface area contributed by atoms with E-state index in [-0.39, 0.29) is 44.0 Å². The van der Waals surface area contributed by atoms with Crippen LogP contribution in [-0.2, 0) is 28.6 Å². The fourth-order valence-corrected chi connectivity index (χ4v) is 7.11. The molecule has 1 atom stereocenters. The maximum Gasteiger partial charge on any atom is 0.306 e. The molecule has 0 aromatic heterocycles. The summed E-state index contributed by atoms with van der Waals surface area (Å²) in [5.74, 6) is -1.07. The van der Waals surface area contributed by atoms with E-state index < -0.39 is 6.10 Å². The summed E-state index contributed by atoms with van der Waals surface area (Å²) in [7, 11) is 0. The number of carbonyl (C=O) groups excluding carboxylic acids is 3. The van der Waals surface area contributed by atoms with Crippen molar-refractivity contribution in [1.29, 1.82) is 0 Å². The Morgan fingerprint density at radius 2 is 0.618 bits per heavy atom. The average Bonchev–Trinajstić information content (AvgIpc) is 3.34. The van der Waals surface area contributed by atoms with Crippen LogP contribution in [0.4, 0.5) is 0 Å². The number of ether oxygens (including phenoxy) is 3. The third-order valence-electron chi connectivity index (χ3n) is 11.2. The SMILES string of the molecule is CC/C=C\C/C=C\C/C=C\C/C=C\C/C=C\C/C=C\CCC(=O)OCC(COC(=O)CCCCCCCCCCCCCCCC)OC(=O)CCC/C=C\C/C=C\C/C=C\C/C=C\CCCCC. The summed E-state index contributed by atoms with van der Waals surface area (Å²) < 4.78 is 16.7. The zero-order chi connectivity index (χ0) is 49.3. The standard InChI is InChI=1S/C62H100O6/c1-4-7-10-13-16-19-22-25-28-30-31-33-34-37-40-43-46-49-52-55-61(64)67-58-59(57-66-60(63)54-51-48-45-42-39-36-27-24-21-18-15-12-9-6-3)68-62(65)56-53-50-47-44-41-38-35-32-29-26-23-20-17-14-11-8-5-2/h7,10,16-17,19-20,25-26,28-29,31,33,35,37-38,40,44,46-47,49,59H,4-6,8-9,11-15,18,21-24,27,30,32,34,36,39,41-43,45,48,50-58H2,1-3H3/b10-7-,19-16-,20-17-,28-25-,29-26-,33-31-,38-35-,40-37-,47-44-,49-46-. The van der Waals surface area contributed by atoms with Crippen LogP contribution in [0.25, 0.3) is 0 Å². The molecule has 0 spiro atoms. The highest BCUT2D eigenvalue weighted by atomic mass is 16.6. The van der Waals surface area contributed by atoms with Crippen molar-refractivity contribution in [2.75, 3.05) is 13.2 Å². The van der Waals surface area contributed by atoms with Gasteiger partial charge in [-0.2, -0.15) is 0 Å². The molecule has 6 heteroatoms. The molecule has 0 heterocycles. The van der Waals surface area contributed by atoms with Crippen molar-refractivity contribution < 1.29 is 28.6 Å². The predicted octanol–water partition coefficient (Wildman–Crippen LogP) is 18.5. The van der Waals surface area contributed by atoms with E-state index in [0.29, 0.717) is 19.3 Å². The van der Waals surface area contributed by atoms with Crippen LogP contribution >= 0.6 is 0 Å². The van der Waals surface area contributed by atoms with Crippen LogP contribution in [0.3, 0.4) is 0 Å². The first-order valence-electron chi connectivity index (χ1n) is 27.5. The van der Waals surface area contributed by atoms with E-state index in [9.17, 15) is 14.4 Å². The van der Waals surface area contributed by atoms with Gasteiger partial charge in [0.2, 0.25) is 0 Å². The Morgan fingerprint density at radius 1 is 0.309 bits per heavy atom. The molecule has 6 nitrogen and oxygen atoms in total. The van der Waals surface area contributed by atoms with Crippen molar-refractivity contribution in [2.24, 2.45) is 0 Å². The van der Waals surface area contributed by atoms with E-state index in [1.165, 1.54) is 96.3 Å². The minimum Gasteiger partial charge on any atom is -0.462 e. The minimum atomic E-state index is -0.839. The van der Waals surface area contributed by atoms with E-state index >= 15 is 0 Å². The van der Waals surface area contributed by atoms with Crippen LogP contribution < -0.4 is 0 Å². The fourth-order valence-electron chi connectivity index (χ4n) is 7.11. The van der Waals surface area contributed by atoms with E-state index in [2.05, 4.69) is 130 Å². The van der Waals surface area contributed by atoms with Gasteiger partial charge in [-0.05, 0) is 96.3 Å². The lowest BCUT2D eigenvalue weighted by atomic mass is 10.0. The van der Waals surface area contributed by atoms with Gasteiger partial charge in [-0.25, -0.2) is 0 Å². The Labute approximate surface area is 418 Å². The molecule has 0 radical (unpaired) electrons. The first-order chi connectivity index (χ1) is 33.5. The Balaban J connectivity index is 4.60. The van der Waals surface area contributed by atoms with Gasteiger partial charge in [0.15, 0.2) is 6.10 Å². The first-order valence-corrected chi connectivity index (χ1v) is 27.5. The second-order valence-corrected chi connectivity index (χ2v) is 17.8. The molecule has 0 rings (SSSR count). The maximum absolute atomic E-state index is 12.8. The van der Waals surface area contributed by atoms with Gasteiger partial charge in [0, 0.05) is 19.3 Å². The molecule has 0 amide bonds. The van der Waals surface area contributed by atoms with Crippen molar-refractivity contribution >= 4 is 17.9 Å². The number of unbranched alkanes of at least 4 members (excludes halogenated alkanes) is 17. The lowest BCUT2D eigenvalue weighted by molar-refractivity contribution is -0.166. The van der Waals surface area contributed by atoms with E-state index in [4.69, 9.17) is 14.2 Å². The highest BCUT2D eigenvalue weighted by Crippen LogP contribution is 2.14. The number of hydrogen-bond acceptors (Lipinski definition) is 6. The summed E-state index contributed by atoms with van der Waals surface area (Å²) in [4.78, 5) is 38.0. The molecule has 0 N–H and O–H groups in total. The van der Waals surface area contributed by atoms with Crippen molar-refractivity contribution in [3.8, 4) is 0 Å². The van der Waals surface area contributed by atoms with Gasteiger partial charge < -0.3 is 14.2 Å². The summed E-state index contributed by atoms with van der Waals surface area (Å²) in [5, 5.41) is 0. The molecule has 0 fully saturated rings. The molecule has 0 bridgehead atoms. The zero-order valence-corrected chi connectivity index (χ0v) is 43.8. The molecule has 68 heavy (non-hydrogen) atoms. The highest BCUT2D eigenvalue weighted by molar-refractivity contribution is 5.71. The lowest BCUT2D eigenvalue weighted by Gasteiger charge is -2.18. The molecule has 0 saturated carbocycles. The number of esters is 3. The van der Waals surface area contributed by atoms with Gasteiger partial charge in [0.05, 0.1) is 0 Å². The molecule has 0 saturated heterocycles. The van der Waals surface area contributed by atoms with Gasteiger partial charge in [-0.15, -0.1) is 0 Å². The van der Waals surface area contributed by atoms with E-state index in [1.807, 2.05) is 12.2 Å². The summed E-state index contributed by atoms with van der Waals surface area (Å²) in [6, 6.07) is 0. The Morgan fingerprint density at radius 3 is 1.03 bits per heavy atom. The topological polar surface area (TPSA) is 78.9 Å². The van der Waals surface area contributed by atoms with Crippen molar-refractivity contribution in [3.63, 3.8) is 0 Å². The van der Waals surface area contributed by atoms with E-state index in [1.54, 1.807) is 0 Å². The second kappa shape index (κ2) is 55.4. The van der Waals surface area contributed by atoms with Crippen LogP contribution in [0.5, 0.6) is 0 Å². The summed E-state index contributed by atoms with van der Waals surface area (Å²) in [6.45, 7) is 6.38.